The smallest absolute Gasteiger partial charge is 0.326 e. The Balaban J connectivity index is 2.96. The first kappa shape index (κ1) is 17.9. The molecule has 0 spiro atoms. The number of unbranched alkanes of at least 4 members (excludes halogenated alkanes) is 1. The Labute approximate surface area is 125 Å². The molecule has 0 radical (unpaired) electrons. The first-order valence-corrected chi connectivity index (χ1v) is 7.43. The van der Waals surface area contributed by atoms with Gasteiger partial charge in [0.1, 0.15) is 11.1 Å². The van der Waals surface area contributed by atoms with E-state index in [0.717, 1.165) is 6.42 Å². The van der Waals surface area contributed by atoms with Gasteiger partial charge in [0.2, 0.25) is 0 Å². The highest BCUT2D eigenvalue weighted by molar-refractivity contribution is 5.84. The fourth-order valence-electron chi connectivity index (χ4n) is 2.87. The van der Waals surface area contributed by atoms with Gasteiger partial charge in [-0.15, -0.1) is 0 Å². The maximum Gasteiger partial charge on any atom is 0.326 e. The molecule has 0 aromatic heterocycles. The molecule has 0 aromatic carbocycles. The highest BCUT2D eigenvalue weighted by Crippen LogP contribution is 2.45. The van der Waals surface area contributed by atoms with Gasteiger partial charge in [0.25, 0.3) is 0 Å². The van der Waals surface area contributed by atoms with Crippen molar-refractivity contribution in [1.82, 2.24) is 0 Å². The van der Waals surface area contributed by atoms with Crippen LogP contribution in [0.4, 0.5) is 0 Å². The van der Waals surface area contributed by atoms with Crippen LogP contribution in [0.25, 0.3) is 0 Å². The summed E-state index contributed by atoms with van der Waals surface area (Å²) in [5.74, 6) is -2.45. The number of carbonyl (C=O) groups is 2. The van der Waals surface area contributed by atoms with Crippen molar-refractivity contribution >= 4 is 11.9 Å². The van der Waals surface area contributed by atoms with Crippen LogP contribution in [-0.2, 0) is 14.3 Å². The van der Waals surface area contributed by atoms with E-state index in [1.54, 1.807) is 20.8 Å². The molecule has 0 saturated heterocycles. The molecule has 3 atom stereocenters. The first-order chi connectivity index (χ1) is 9.45. The van der Waals surface area contributed by atoms with Crippen LogP contribution in [0, 0.1) is 5.92 Å². The predicted octanol–water partition coefficient (Wildman–Crippen LogP) is 1.44. The summed E-state index contributed by atoms with van der Waals surface area (Å²) in [4.78, 5) is 23.7. The Hall–Kier alpha value is -1.14. The molecule has 0 heterocycles. The second-order valence-electron chi connectivity index (χ2n) is 7.05. The molecule has 0 bridgehead atoms. The van der Waals surface area contributed by atoms with E-state index in [0.29, 0.717) is 6.42 Å². The van der Waals surface area contributed by atoms with Gasteiger partial charge in [-0.05, 0) is 40.0 Å². The van der Waals surface area contributed by atoms with Crippen molar-refractivity contribution in [3.63, 3.8) is 0 Å². The van der Waals surface area contributed by atoms with Crippen molar-refractivity contribution in [2.45, 2.75) is 76.5 Å². The second-order valence-corrected chi connectivity index (χ2v) is 7.05. The van der Waals surface area contributed by atoms with Crippen molar-refractivity contribution in [1.29, 1.82) is 0 Å². The van der Waals surface area contributed by atoms with Gasteiger partial charge < -0.3 is 20.7 Å². The average Bonchev–Trinajstić information content (AvgIpc) is 2.59. The molecule has 122 valence electrons. The maximum atomic E-state index is 12.2. The number of carbonyl (C=O) groups excluding carboxylic acids is 1. The van der Waals surface area contributed by atoms with E-state index in [2.05, 4.69) is 0 Å². The molecular weight excluding hydrogens is 274 g/mol. The summed E-state index contributed by atoms with van der Waals surface area (Å²) in [5.41, 5.74) is 1.93. The molecule has 21 heavy (non-hydrogen) atoms. The van der Waals surface area contributed by atoms with Gasteiger partial charge >= 0.3 is 11.9 Å². The molecule has 4 N–H and O–H groups in total. The van der Waals surface area contributed by atoms with Crippen molar-refractivity contribution in [3.8, 4) is 0 Å². The molecule has 1 aliphatic carbocycles. The van der Waals surface area contributed by atoms with E-state index in [-0.39, 0.29) is 19.3 Å². The summed E-state index contributed by atoms with van der Waals surface area (Å²) in [6, 6.07) is 0. The fourth-order valence-corrected chi connectivity index (χ4v) is 2.87. The van der Waals surface area contributed by atoms with Crippen molar-refractivity contribution in [3.05, 3.63) is 0 Å². The monoisotopic (exact) mass is 301 g/mol. The van der Waals surface area contributed by atoms with Gasteiger partial charge in [0.15, 0.2) is 0 Å². The summed E-state index contributed by atoms with van der Waals surface area (Å²) in [6.45, 7) is 7.19. The Morgan fingerprint density at radius 2 is 1.90 bits per heavy atom. The molecule has 0 aromatic rings. The molecule has 1 rings (SSSR count). The Kier molecular flexibility index (Phi) is 5.05. The molecule has 3 unspecified atom stereocenters. The average molecular weight is 301 g/mol. The van der Waals surface area contributed by atoms with Crippen LogP contribution < -0.4 is 5.73 Å². The molecule has 0 aliphatic heterocycles. The molecule has 1 aliphatic rings. The summed E-state index contributed by atoms with van der Waals surface area (Å²) in [7, 11) is 0. The fraction of sp³-hybridized carbons (Fsp3) is 0.867. The quantitative estimate of drug-likeness (QED) is 0.663. The maximum absolute atomic E-state index is 12.2. The van der Waals surface area contributed by atoms with Crippen molar-refractivity contribution < 1.29 is 24.5 Å². The second kappa shape index (κ2) is 5.93. The molecule has 0 amide bonds. The number of aliphatic hydroxyl groups is 1. The largest absolute Gasteiger partial charge is 0.480 e. The number of esters is 1. The highest BCUT2D eigenvalue weighted by Gasteiger charge is 2.61. The first-order valence-electron chi connectivity index (χ1n) is 7.43. The van der Waals surface area contributed by atoms with Crippen LogP contribution in [0.1, 0.15) is 59.8 Å². The lowest BCUT2D eigenvalue weighted by atomic mass is 9.80. The standard InChI is InChI=1S/C15H27NO5/c1-5-6-7-14(20)8-10(9-15(14,16)12(18)19)11(17)21-13(2,3)4/h10,20H,5-9,16H2,1-4H3,(H,18,19). The molecule has 1 saturated carbocycles. The zero-order valence-electron chi connectivity index (χ0n) is 13.3. The van der Waals surface area contributed by atoms with E-state index in [4.69, 9.17) is 10.5 Å². The summed E-state index contributed by atoms with van der Waals surface area (Å²) in [6.07, 6.45) is 1.67. The minimum absolute atomic E-state index is 0.0325. The van der Waals surface area contributed by atoms with E-state index in [9.17, 15) is 19.8 Å². The number of rotatable bonds is 5. The summed E-state index contributed by atoms with van der Waals surface area (Å²) < 4.78 is 5.29. The van der Waals surface area contributed by atoms with E-state index >= 15 is 0 Å². The Morgan fingerprint density at radius 1 is 1.33 bits per heavy atom. The van der Waals surface area contributed by atoms with Gasteiger partial charge in [0, 0.05) is 0 Å². The summed E-state index contributed by atoms with van der Waals surface area (Å²) in [5, 5.41) is 20.1. The normalized spacial score (nSPS) is 33.0. The van der Waals surface area contributed by atoms with E-state index < -0.39 is 34.6 Å². The zero-order valence-corrected chi connectivity index (χ0v) is 13.3. The van der Waals surface area contributed by atoms with Gasteiger partial charge in [-0.25, -0.2) is 0 Å². The zero-order chi connectivity index (χ0) is 16.5. The number of carboxylic acid groups (broad SMARTS) is 1. The van der Waals surface area contributed by atoms with E-state index in [1.165, 1.54) is 0 Å². The topological polar surface area (TPSA) is 110 Å². The van der Waals surface area contributed by atoms with Gasteiger partial charge in [-0.3, -0.25) is 9.59 Å². The van der Waals surface area contributed by atoms with Crippen LogP contribution in [-0.4, -0.2) is 38.9 Å². The SMILES string of the molecule is CCCCC1(O)CC(C(=O)OC(C)(C)C)CC1(N)C(=O)O. The third-order valence-corrected chi connectivity index (χ3v) is 4.05. The van der Waals surface area contributed by atoms with Crippen LogP contribution in [0.5, 0.6) is 0 Å². The van der Waals surface area contributed by atoms with Crippen LogP contribution in [0.15, 0.2) is 0 Å². The number of hydrogen-bond donors (Lipinski definition) is 3. The van der Waals surface area contributed by atoms with Crippen molar-refractivity contribution in [2.75, 3.05) is 0 Å². The van der Waals surface area contributed by atoms with Crippen LogP contribution >= 0.6 is 0 Å². The molecular formula is C15H27NO5. The molecule has 1 fully saturated rings. The minimum Gasteiger partial charge on any atom is -0.480 e. The number of hydrogen-bond acceptors (Lipinski definition) is 5. The van der Waals surface area contributed by atoms with Crippen molar-refractivity contribution in [2.24, 2.45) is 11.7 Å². The third-order valence-electron chi connectivity index (χ3n) is 4.05. The van der Waals surface area contributed by atoms with E-state index in [1.807, 2.05) is 6.92 Å². The van der Waals surface area contributed by atoms with Gasteiger partial charge in [-0.1, -0.05) is 19.8 Å². The molecule has 6 nitrogen and oxygen atoms in total. The van der Waals surface area contributed by atoms with Crippen LogP contribution in [0.3, 0.4) is 0 Å². The van der Waals surface area contributed by atoms with Crippen LogP contribution in [0.2, 0.25) is 0 Å². The third kappa shape index (κ3) is 3.74. The Morgan fingerprint density at radius 3 is 2.33 bits per heavy atom. The lowest BCUT2D eigenvalue weighted by Crippen LogP contribution is -2.62. The number of nitrogens with two attached hydrogens (primary N) is 1. The van der Waals surface area contributed by atoms with Gasteiger partial charge in [-0.2, -0.15) is 0 Å². The van der Waals surface area contributed by atoms with Gasteiger partial charge in [0.05, 0.1) is 11.5 Å². The lowest BCUT2D eigenvalue weighted by molar-refractivity contribution is -0.160. The summed E-state index contributed by atoms with van der Waals surface area (Å²) >= 11 is 0. The predicted molar refractivity (Wildman–Crippen MR) is 77.6 cm³/mol. The number of ether oxygens (including phenoxy) is 1. The number of carboxylic acids is 1. The highest BCUT2D eigenvalue weighted by atomic mass is 16.6. The Bertz CT molecular complexity index is 417. The molecule has 6 heteroatoms. The number of aliphatic carboxylic acids is 1. The minimum atomic E-state index is -1.80. The lowest BCUT2D eigenvalue weighted by Gasteiger charge is -2.35.